The number of methoxy groups -OCH3 is 1. The van der Waals surface area contributed by atoms with Crippen molar-refractivity contribution in [2.75, 3.05) is 46.1 Å². The quantitative estimate of drug-likeness (QED) is 0.472. The highest BCUT2D eigenvalue weighted by atomic mass is 32.2. The van der Waals surface area contributed by atoms with E-state index in [1.807, 2.05) is 0 Å². The molecule has 0 aromatic rings. The molecule has 0 aromatic carbocycles. The van der Waals surface area contributed by atoms with Crippen molar-refractivity contribution in [3.05, 3.63) is 0 Å². The van der Waals surface area contributed by atoms with Crippen molar-refractivity contribution in [2.24, 2.45) is 5.92 Å². The number of esters is 1. The van der Waals surface area contributed by atoms with Crippen LogP contribution in [0.15, 0.2) is 0 Å². The Balaban J connectivity index is 2.18. The highest BCUT2D eigenvalue weighted by Gasteiger charge is 2.41. The van der Waals surface area contributed by atoms with Gasteiger partial charge in [-0.3, -0.25) is 9.59 Å². The van der Waals surface area contributed by atoms with E-state index in [9.17, 15) is 22.8 Å². The lowest BCUT2D eigenvalue weighted by atomic mass is 9.95. The molecule has 0 saturated carbocycles. The van der Waals surface area contributed by atoms with E-state index < -0.39 is 34.0 Å². The van der Waals surface area contributed by atoms with E-state index in [0.29, 0.717) is 0 Å². The number of ether oxygens (including phenoxy) is 1. The van der Waals surface area contributed by atoms with E-state index >= 15 is 0 Å². The summed E-state index contributed by atoms with van der Waals surface area (Å²) in [5, 5.41) is 4.67. The maximum atomic E-state index is 13.0. The molecule has 0 spiro atoms. The Hall–Kier alpha value is -1.72. The fourth-order valence-electron chi connectivity index (χ4n) is 3.50. The van der Waals surface area contributed by atoms with E-state index in [4.69, 9.17) is 0 Å². The van der Waals surface area contributed by atoms with Gasteiger partial charge in [0.05, 0.1) is 26.5 Å². The molecule has 2 atom stereocenters. The number of carbonyl (C=O) groups is 3. The molecule has 11 heteroatoms. The third-order valence-electron chi connectivity index (χ3n) is 5.10. The highest BCUT2D eigenvalue weighted by Crippen LogP contribution is 2.20. The van der Waals surface area contributed by atoms with E-state index in [1.165, 1.54) is 23.2 Å². The maximum absolute atomic E-state index is 13.0. The van der Waals surface area contributed by atoms with Gasteiger partial charge in [0.25, 0.3) is 0 Å². The Bertz CT molecular complexity index is 676. The van der Waals surface area contributed by atoms with Crippen LogP contribution < -0.4 is 10.6 Å². The number of nitrogens with two attached hydrogens (primary N) is 1. The van der Waals surface area contributed by atoms with Gasteiger partial charge < -0.3 is 20.3 Å². The molecule has 2 aliphatic heterocycles. The molecule has 2 rings (SSSR count). The first-order valence-electron chi connectivity index (χ1n) is 9.10. The molecular formula is C16H29N4O6S+. The lowest BCUT2D eigenvalue weighted by molar-refractivity contribution is -0.664. The summed E-state index contributed by atoms with van der Waals surface area (Å²) >= 11 is 0. The van der Waals surface area contributed by atoms with E-state index in [2.05, 4.69) is 15.4 Å². The van der Waals surface area contributed by atoms with Gasteiger partial charge in [-0.1, -0.05) is 0 Å². The predicted octanol–water partition coefficient (Wildman–Crippen LogP) is -2.89. The van der Waals surface area contributed by atoms with Crippen LogP contribution in [0.5, 0.6) is 0 Å². The SMILES string of the molecule is COC(=O)[C@@H](C)NC(=O)[C@@H]1CN(S(C)(=O)=O)CCN1C(=O)C1CC[NH2+]CC1. The van der Waals surface area contributed by atoms with Crippen LogP contribution in [-0.2, 0) is 29.1 Å². The largest absolute Gasteiger partial charge is 0.467 e. The van der Waals surface area contributed by atoms with Crippen LogP contribution in [-0.4, -0.2) is 93.6 Å². The van der Waals surface area contributed by atoms with Crippen LogP contribution in [0.25, 0.3) is 0 Å². The van der Waals surface area contributed by atoms with Crippen LogP contribution in [0.1, 0.15) is 19.8 Å². The molecule has 2 fully saturated rings. The fraction of sp³-hybridized carbons (Fsp3) is 0.812. The van der Waals surface area contributed by atoms with Gasteiger partial charge in [-0.05, 0) is 6.92 Å². The van der Waals surface area contributed by atoms with Crippen molar-refractivity contribution in [1.29, 1.82) is 0 Å². The molecule has 0 bridgehead atoms. The minimum Gasteiger partial charge on any atom is -0.467 e. The number of nitrogens with zero attached hydrogens (tertiary/aromatic N) is 2. The average molecular weight is 405 g/mol. The first-order chi connectivity index (χ1) is 12.6. The Morgan fingerprint density at radius 2 is 1.81 bits per heavy atom. The normalized spacial score (nSPS) is 23.5. The number of hydrogen-bond donors (Lipinski definition) is 2. The van der Waals surface area contributed by atoms with Gasteiger partial charge in [-0.2, -0.15) is 4.31 Å². The Kier molecular flexibility index (Phi) is 7.18. The fourth-order valence-corrected chi connectivity index (χ4v) is 4.33. The van der Waals surface area contributed by atoms with Crippen molar-refractivity contribution in [2.45, 2.75) is 31.8 Å². The van der Waals surface area contributed by atoms with Crippen LogP contribution in [0.2, 0.25) is 0 Å². The number of quaternary nitrogens is 1. The molecule has 154 valence electrons. The number of sulfonamides is 1. The van der Waals surface area contributed by atoms with Crippen molar-refractivity contribution < 1.29 is 32.9 Å². The predicted molar refractivity (Wildman–Crippen MR) is 95.9 cm³/mol. The van der Waals surface area contributed by atoms with Crippen LogP contribution in [0.4, 0.5) is 0 Å². The van der Waals surface area contributed by atoms with Crippen molar-refractivity contribution in [3.63, 3.8) is 0 Å². The smallest absolute Gasteiger partial charge is 0.328 e. The molecule has 2 saturated heterocycles. The van der Waals surface area contributed by atoms with E-state index in [-0.39, 0.29) is 31.5 Å². The Morgan fingerprint density at radius 1 is 1.19 bits per heavy atom. The molecule has 27 heavy (non-hydrogen) atoms. The Labute approximate surface area is 159 Å². The third-order valence-corrected chi connectivity index (χ3v) is 6.37. The maximum Gasteiger partial charge on any atom is 0.328 e. The number of piperidine rings is 1. The van der Waals surface area contributed by atoms with Gasteiger partial charge in [-0.25, -0.2) is 13.2 Å². The molecule has 10 nitrogen and oxygen atoms in total. The number of amides is 2. The summed E-state index contributed by atoms with van der Waals surface area (Å²) in [6.45, 7) is 3.37. The topological polar surface area (TPSA) is 130 Å². The summed E-state index contributed by atoms with van der Waals surface area (Å²) in [5.74, 6) is -1.45. The summed E-state index contributed by atoms with van der Waals surface area (Å²) < 4.78 is 29.6. The highest BCUT2D eigenvalue weighted by molar-refractivity contribution is 7.88. The second-order valence-electron chi connectivity index (χ2n) is 7.06. The van der Waals surface area contributed by atoms with Crippen molar-refractivity contribution in [3.8, 4) is 0 Å². The zero-order valence-electron chi connectivity index (χ0n) is 16.0. The summed E-state index contributed by atoms with van der Waals surface area (Å²) in [6, 6.07) is -1.86. The molecule has 0 radical (unpaired) electrons. The number of hydrogen-bond acceptors (Lipinski definition) is 6. The minimum absolute atomic E-state index is 0.122. The zero-order chi connectivity index (χ0) is 20.2. The minimum atomic E-state index is -3.50. The number of piperazine rings is 1. The van der Waals surface area contributed by atoms with Gasteiger partial charge in [0.1, 0.15) is 12.1 Å². The van der Waals surface area contributed by atoms with Gasteiger partial charge in [0.2, 0.25) is 21.8 Å². The summed E-state index contributed by atoms with van der Waals surface area (Å²) in [6.07, 6.45) is 2.55. The van der Waals surface area contributed by atoms with Gasteiger partial charge in [-0.15, -0.1) is 0 Å². The van der Waals surface area contributed by atoms with Gasteiger partial charge in [0.15, 0.2) is 0 Å². The zero-order valence-corrected chi connectivity index (χ0v) is 16.8. The van der Waals surface area contributed by atoms with Gasteiger partial charge >= 0.3 is 5.97 Å². The third kappa shape index (κ3) is 5.39. The van der Waals surface area contributed by atoms with Crippen LogP contribution in [0, 0.1) is 5.92 Å². The molecule has 0 aromatic heterocycles. The molecule has 3 N–H and O–H groups in total. The van der Waals surface area contributed by atoms with Crippen LogP contribution in [0.3, 0.4) is 0 Å². The lowest BCUT2D eigenvalue weighted by Gasteiger charge is -2.41. The van der Waals surface area contributed by atoms with Gasteiger partial charge in [0, 0.05) is 38.4 Å². The number of rotatable bonds is 5. The molecule has 2 heterocycles. The summed E-state index contributed by atoms with van der Waals surface area (Å²) in [5.41, 5.74) is 0. The second kappa shape index (κ2) is 8.98. The van der Waals surface area contributed by atoms with E-state index in [1.54, 1.807) is 0 Å². The average Bonchev–Trinajstić information content (AvgIpc) is 2.66. The lowest BCUT2D eigenvalue weighted by Crippen LogP contribution is -2.86. The summed E-state index contributed by atoms with van der Waals surface area (Å²) in [7, 11) is -2.28. The van der Waals surface area contributed by atoms with Crippen molar-refractivity contribution >= 4 is 27.8 Å². The second-order valence-corrected chi connectivity index (χ2v) is 9.04. The van der Waals surface area contributed by atoms with E-state index in [0.717, 1.165) is 32.2 Å². The van der Waals surface area contributed by atoms with Crippen molar-refractivity contribution in [1.82, 2.24) is 14.5 Å². The number of nitrogens with one attached hydrogen (secondary N) is 1. The summed E-state index contributed by atoms with van der Waals surface area (Å²) in [4.78, 5) is 38.8. The van der Waals surface area contributed by atoms with Crippen LogP contribution >= 0.6 is 0 Å². The standard InChI is InChI=1S/C16H28N4O6S/c1-11(16(23)26-2)18-14(21)13-10-19(27(3,24)25)8-9-20(13)15(22)12-4-6-17-7-5-12/h11-13,17H,4-10H2,1-3H3,(H,18,21)/p+1/t11-,13+/m1/s1. The molecule has 0 aliphatic carbocycles. The first-order valence-corrected chi connectivity index (χ1v) is 11.0. The molecule has 0 unspecified atom stereocenters. The molecular weight excluding hydrogens is 376 g/mol. The first kappa shape index (κ1) is 21.6. The monoisotopic (exact) mass is 405 g/mol. The molecule has 2 amide bonds. The number of carbonyl (C=O) groups excluding carboxylic acids is 3. The molecule has 2 aliphatic rings. The Morgan fingerprint density at radius 3 is 2.37 bits per heavy atom.